The summed E-state index contributed by atoms with van der Waals surface area (Å²) in [6.07, 6.45) is 4.22. The van der Waals surface area contributed by atoms with Crippen molar-refractivity contribution in [1.29, 1.82) is 0 Å². The lowest BCUT2D eigenvalue weighted by molar-refractivity contribution is -0.113. The SMILES string of the molecule is CCCCc1ccc(NC(=O)CSc2nc3c(c(=O)n2C)SC(C)C3)cc1. The van der Waals surface area contributed by atoms with Gasteiger partial charge < -0.3 is 5.32 Å². The number of thioether (sulfide) groups is 2. The van der Waals surface area contributed by atoms with Gasteiger partial charge in [0.25, 0.3) is 5.56 Å². The van der Waals surface area contributed by atoms with Crippen LogP contribution in [0.3, 0.4) is 0 Å². The number of hydrogen-bond donors (Lipinski definition) is 1. The summed E-state index contributed by atoms with van der Waals surface area (Å²) in [5, 5.41) is 3.88. The van der Waals surface area contributed by atoms with Crippen molar-refractivity contribution in [2.75, 3.05) is 11.1 Å². The Balaban J connectivity index is 1.59. The molecule has 0 saturated carbocycles. The quantitative estimate of drug-likeness (QED) is 0.561. The minimum absolute atomic E-state index is 0.0140. The first kappa shape index (κ1) is 20.0. The molecule has 0 spiro atoms. The molecule has 2 heterocycles. The molecular weight excluding hydrogens is 378 g/mol. The molecule has 0 aliphatic carbocycles. The zero-order valence-corrected chi connectivity index (χ0v) is 17.6. The molecule has 1 N–H and O–H groups in total. The third kappa shape index (κ3) is 4.96. The number of nitrogens with zero attached hydrogens (tertiary/aromatic N) is 2. The fourth-order valence-electron chi connectivity index (χ4n) is 2.97. The summed E-state index contributed by atoms with van der Waals surface area (Å²) < 4.78 is 1.55. The normalized spacial score (nSPS) is 15.6. The standard InChI is InChI=1S/C20H25N3O2S2/c1-4-5-6-14-7-9-15(10-8-14)21-17(24)12-26-20-22-16-11-13(2)27-18(16)19(25)23(20)3/h7-10,13H,4-6,11-12H2,1-3H3,(H,21,24). The van der Waals surface area contributed by atoms with Gasteiger partial charge in [-0.25, -0.2) is 4.98 Å². The second-order valence-electron chi connectivity index (χ2n) is 6.80. The lowest BCUT2D eigenvalue weighted by Gasteiger charge is -2.10. The summed E-state index contributed by atoms with van der Waals surface area (Å²) >= 11 is 2.89. The van der Waals surface area contributed by atoms with E-state index in [-0.39, 0.29) is 17.2 Å². The van der Waals surface area contributed by atoms with Crippen LogP contribution >= 0.6 is 23.5 Å². The van der Waals surface area contributed by atoms with Gasteiger partial charge in [0.05, 0.1) is 16.3 Å². The number of unbranched alkanes of at least 4 members (excludes halogenated alkanes) is 1. The predicted molar refractivity (Wildman–Crippen MR) is 113 cm³/mol. The van der Waals surface area contributed by atoms with E-state index in [1.165, 1.54) is 30.2 Å². The van der Waals surface area contributed by atoms with Crippen molar-refractivity contribution in [2.24, 2.45) is 7.05 Å². The first-order valence-corrected chi connectivity index (χ1v) is 11.1. The van der Waals surface area contributed by atoms with Gasteiger partial charge >= 0.3 is 0 Å². The van der Waals surface area contributed by atoms with Crippen molar-refractivity contribution in [3.8, 4) is 0 Å². The van der Waals surface area contributed by atoms with Crippen LogP contribution in [0.5, 0.6) is 0 Å². The first-order chi connectivity index (χ1) is 13.0. The minimum atomic E-state index is -0.0983. The smallest absolute Gasteiger partial charge is 0.267 e. The number of benzene rings is 1. The summed E-state index contributed by atoms with van der Waals surface area (Å²) in [6.45, 7) is 4.27. The minimum Gasteiger partial charge on any atom is -0.325 e. The number of rotatable bonds is 7. The highest BCUT2D eigenvalue weighted by atomic mass is 32.2. The van der Waals surface area contributed by atoms with Gasteiger partial charge in [-0.1, -0.05) is 44.2 Å². The van der Waals surface area contributed by atoms with Crippen molar-refractivity contribution in [2.45, 2.75) is 54.8 Å². The van der Waals surface area contributed by atoms with Crippen LogP contribution < -0.4 is 10.9 Å². The maximum absolute atomic E-state index is 12.5. The molecule has 0 fully saturated rings. The van der Waals surface area contributed by atoms with Crippen LogP contribution in [0.25, 0.3) is 0 Å². The molecule has 144 valence electrons. The lowest BCUT2D eigenvalue weighted by Crippen LogP contribution is -2.23. The third-order valence-electron chi connectivity index (χ3n) is 4.47. The van der Waals surface area contributed by atoms with Crippen molar-refractivity contribution in [3.05, 3.63) is 45.9 Å². The summed E-state index contributed by atoms with van der Waals surface area (Å²) in [5.74, 6) is 0.123. The Labute approximate surface area is 168 Å². The van der Waals surface area contributed by atoms with E-state index >= 15 is 0 Å². The molecule has 5 nitrogen and oxygen atoms in total. The Morgan fingerprint density at radius 1 is 1.37 bits per heavy atom. The first-order valence-electron chi connectivity index (χ1n) is 9.26. The number of aromatic nitrogens is 2. The fourth-order valence-corrected chi connectivity index (χ4v) is 4.90. The van der Waals surface area contributed by atoms with E-state index in [0.717, 1.165) is 29.1 Å². The molecule has 0 radical (unpaired) electrons. The molecule has 3 rings (SSSR count). The van der Waals surface area contributed by atoms with Gasteiger partial charge in [0.1, 0.15) is 0 Å². The molecule has 2 aromatic rings. The number of nitrogens with one attached hydrogen (secondary N) is 1. The summed E-state index contributed by atoms with van der Waals surface area (Å²) in [6, 6.07) is 8.00. The van der Waals surface area contributed by atoms with Crippen molar-refractivity contribution in [3.63, 3.8) is 0 Å². The van der Waals surface area contributed by atoms with Gasteiger partial charge in [0.15, 0.2) is 5.16 Å². The van der Waals surface area contributed by atoms with Crippen molar-refractivity contribution in [1.82, 2.24) is 9.55 Å². The molecule has 7 heteroatoms. The van der Waals surface area contributed by atoms with E-state index in [1.807, 2.05) is 12.1 Å². The Hall–Kier alpha value is -1.73. The highest BCUT2D eigenvalue weighted by Crippen LogP contribution is 2.33. The highest BCUT2D eigenvalue weighted by molar-refractivity contribution is 8.00. The zero-order valence-electron chi connectivity index (χ0n) is 15.9. The van der Waals surface area contributed by atoms with Crippen LogP contribution in [0.1, 0.15) is 37.9 Å². The third-order valence-corrected chi connectivity index (χ3v) is 6.71. The van der Waals surface area contributed by atoms with Crippen LogP contribution in [0.15, 0.2) is 39.1 Å². The van der Waals surface area contributed by atoms with Gasteiger partial charge in [0, 0.05) is 24.4 Å². The highest BCUT2D eigenvalue weighted by Gasteiger charge is 2.25. The lowest BCUT2D eigenvalue weighted by atomic mass is 10.1. The van der Waals surface area contributed by atoms with E-state index < -0.39 is 0 Å². The molecule has 1 aliphatic rings. The summed E-state index contributed by atoms with van der Waals surface area (Å²) in [7, 11) is 1.72. The second-order valence-corrected chi connectivity index (χ2v) is 9.20. The summed E-state index contributed by atoms with van der Waals surface area (Å²) in [5.41, 5.74) is 2.93. The molecule has 1 amide bonds. The van der Waals surface area contributed by atoms with Crippen molar-refractivity contribution >= 4 is 35.1 Å². The van der Waals surface area contributed by atoms with Crippen LogP contribution in [-0.2, 0) is 24.7 Å². The number of aryl methyl sites for hydroxylation is 1. The van der Waals surface area contributed by atoms with E-state index in [9.17, 15) is 9.59 Å². The zero-order chi connectivity index (χ0) is 19.4. The number of anilines is 1. The van der Waals surface area contributed by atoms with E-state index in [1.54, 1.807) is 23.4 Å². The van der Waals surface area contributed by atoms with Gasteiger partial charge in [-0.15, -0.1) is 11.8 Å². The molecule has 1 atom stereocenters. The van der Waals surface area contributed by atoms with Crippen molar-refractivity contribution < 1.29 is 4.79 Å². The maximum Gasteiger partial charge on any atom is 0.267 e. The van der Waals surface area contributed by atoms with Gasteiger partial charge in [-0.05, 0) is 30.5 Å². The average molecular weight is 404 g/mol. The molecule has 1 unspecified atom stereocenters. The Morgan fingerprint density at radius 3 is 2.81 bits per heavy atom. The number of fused-ring (bicyclic) bond motifs is 1. The molecule has 1 aliphatic heterocycles. The van der Waals surface area contributed by atoms with Gasteiger partial charge in [-0.2, -0.15) is 0 Å². The predicted octanol–water partition coefficient (Wildman–Crippen LogP) is 3.89. The van der Waals surface area contributed by atoms with Crippen LogP contribution in [0.2, 0.25) is 0 Å². The van der Waals surface area contributed by atoms with Crippen LogP contribution in [0.4, 0.5) is 5.69 Å². The Bertz CT molecular complexity index is 878. The average Bonchev–Trinajstić information content (AvgIpc) is 3.03. The topological polar surface area (TPSA) is 64.0 Å². The number of hydrogen-bond acceptors (Lipinski definition) is 5. The largest absolute Gasteiger partial charge is 0.325 e. The summed E-state index contributed by atoms with van der Waals surface area (Å²) in [4.78, 5) is 30.1. The van der Waals surface area contributed by atoms with Crippen LogP contribution in [-0.4, -0.2) is 26.5 Å². The maximum atomic E-state index is 12.5. The van der Waals surface area contributed by atoms with E-state index in [4.69, 9.17) is 0 Å². The number of amides is 1. The van der Waals surface area contributed by atoms with Gasteiger partial charge in [0.2, 0.25) is 5.91 Å². The molecule has 1 aromatic carbocycles. The number of carbonyl (C=O) groups excluding carboxylic acids is 1. The molecule has 0 saturated heterocycles. The van der Waals surface area contributed by atoms with Gasteiger partial charge in [-0.3, -0.25) is 14.2 Å². The number of carbonyl (C=O) groups is 1. The molecule has 27 heavy (non-hydrogen) atoms. The Morgan fingerprint density at radius 2 is 2.11 bits per heavy atom. The fraction of sp³-hybridized carbons (Fsp3) is 0.450. The van der Waals surface area contributed by atoms with Crippen LogP contribution in [0, 0.1) is 0 Å². The second kappa shape index (κ2) is 8.97. The monoisotopic (exact) mass is 403 g/mol. The molecule has 0 bridgehead atoms. The van der Waals surface area contributed by atoms with E-state index in [0.29, 0.717) is 10.4 Å². The molecule has 1 aromatic heterocycles. The molecular formula is C20H25N3O2S2. The van der Waals surface area contributed by atoms with E-state index in [2.05, 4.69) is 36.3 Å². The Kier molecular flexibility index (Phi) is 6.65.